The summed E-state index contributed by atoms with van der Waals surface area (Å²) in [5.41, 5.74) is 5.37. The Morgan fingerprint density at radius 2 is 1.95 bits per heavy atom. The molecule has 0 radical (unpaired) electrons. The number of carbonyl (C=O) groups is 2. The number of hydrogen-bond acceptors (Lipinski definition) is 3. The van der Waals surface area contributed by atoms with E-state index >= 15 is 0 Å². The van der Waals surface area contributed by atoms with Crippen LogP contribution < -0.4 is 11.1 Å². The summed E-state index contributed by atoms with van der Waals surface area (Å²) >= 11 is 0. The Labute approximate surface area is 120 Å². The minimum absolute atomic E-state index is 0.0735. The Balaban J connectivity index is 1.69. The lowest BCUT2D eigenvalue weighted by molar-refractivity contribution is -0.129. The van der Waals surface area contributed by atoms with E-state index in [1.54, 1.807) is 0 Å². The summed E-state index contributed by atoms with van der Waals surface area (Å²) in [5.74, 6) is -0.311. The zero-order chi connectivity index (χ0) is 14.6. The molecular formula is C15H26N2O3. The van der Waals surface area contributed by atoms with Gasteiger partial charge >= 0.3 is 0 Å². The number of carbonyl (C=O) groups excluding carboxylic acids is 2. The molecule has 0 aromatic heterocycles. The molecule has 1 aliphatic carbocycles. The molecule has 5 heteroatoms. The molecule has 20 heavy (non-hydrogen) atoms. The lowest BCUT2D eigenvalue weighted by Gasteiger charge is -2.33. The minimum Gasteiger partial charge on any atom is -0.367 e. The third-order valence-electron chi connectivity index (χ3n) is 4.60. The van der Waals surface area contributed by atoms with Gasteiger partial charge < -0.3 is 15.8 Å². The van der Waals surface area contributed by atoms with Crippen LogP contribution in [0.2, 0.25) is 0 Å². The van der Waals surface area contributed by atoms with Gasteiger partial charge in [-0.1, -0.05) is 26.2 Å². The third kappa shape index (κ3) is 4.20. The van der Waals surface area contributed by atoms with Crippen molar-refractivity contribution in [1.29, 1.82) is 0 Å². The molecule has 1 heterocycles. The fraction of sp³-hybridized carbons (Fsp3) is 0.867. The van der Waals surface area contributed by atoms with Crippen LogP contribution in [-0.4, -0.2) is 30.6 Å². The van der Waals surface area contributed by atoms with E-state index in [1.807, 2.05) is 0 Å². The largest absolute Gasteiger partial charge is 0.367 e. The van der Waals surface area contributed by atoms with E-state index in [1.165, 1.54) is 19.3 Å². The maximum absolute atomic E-state index is 12.0. The molecule has 2 amide bonds. The van der Waals surface area contributed by atoms with E-state index in [4.69, 9.17) is 10.5 Å². The summed E-state index contributed by atoms with van der Waals surface area (Å²) < 4.78 is 5.50. The highest BCUT2D eigenvalue weighted by atomic mass is 16.5. The van der Waals surface area contributed by atoms with E-state index in [9.17, 15) is 9.59 Å². The van der Waals surface area contributed by atoms with Crippen LogP contribution in [0.3, 0.4) is 0 Å². The Kier molecular flexibility index (Phi) is 5.02. The maximum Gasteiger partial charge on any atom is 0.246 e. The zero-order valence-electron chi connectivity index (χ0n) is 12.3. The number of nitrogens with one attached hydrogen (secondary N) is 1. The van der Waals surface area contributed by atoms with Crippen molar-refractivity contribution in [2.45, 2.75) is 70.5 Å². The predicted octanol–water partition coefficient (Wildman–Crippen LogP) is 1.50. The Bertz CT molecular complexity index is 364. The molecule has 0 bridgehead atoms. The van der Waals surface area contributed by atoms with E-state index < -0.39 is 12.0 Å². The van der Waals surface area contributed by atoms with Crippen molar-refractivity contribution in [3.8, 4) is 0 Å². The quantitative estimate of drug-likeness (QED) is 0.801. The Morgan fingerprint density at radius 1 is 1.25 bits per heavy atom. The second-order valence-corrected chi connectivity index (χ2v) is 6.58. The van der Waals surface area contributed by atoms with E-state index in [-0.39, 0.29) is 17.4 Å². The van der Waals surface area contributed by atoms with Gasteiger partial charge in [0.15, 0.2) is 0 Å². The molecule has 0 aromatic carbocycles. The average Bonchev–Trinajstić information content (AvgIpc) is 2.85. The predicted molar refractivity (Wildman–Crippen MR) is 75.9 cm³/mol. The van der Waals surface area contributed by atoms with Gasteiger partial charge in [0, 0.05) is 13.0 Å². The first-order valence-electron chi connectivity index (χ1n) is 7.70. The summed E-state index contributed by atoms with van der Waals surface area (Å²) in [6.07, 6.45) is 7.53. The Hall–Kier alpha value is -1.10. The highest BCUT2D eigenvalue weighted by molar-refractivity contribution is 5.79. The number of nitrogens with two attached hydrogens (primary N) is 1. The van der Waals surface area contributed by atoms with Gasteiger partial charge in [-0.2, -0.15) is 0 Å². The molecule has 2 atom stereocenters. The monoisotopic (exact) mass is 282 g/mol. The van der Waals surface area contributed by atoms with Gasteiger partial charge in [-0.3, -0.25) is 9.59 Å². The van der Waals surface area contributed by atoms with Crippen molar-refractivity contribution in [3.63, 3.8) is 0 Å². The SMILES string of the molecule is CC1(CC(=O)NCC2CCC(C(N)=O)O2)CCCCC1. The second-order valence-electron chi connectivity index (χ2n) is 6.58. The van der Waals surface area contributed by atoms with Crippen LogP contribution in [0, 0.1) is 5.41 Å². The zero-order valence-corrected chi connectivity index (χ0v) is 12.3. The van der Waals surface area contributed by atoms with Crippen LogP contribution in [0.25, 0.3) is 0 Å². The number of hydrogen-bond donors (Lipinski definition) is 2. The number of amides is 2. The van der Waals surface area contributed by atoms with Gasteiger partial charge in [0.2, 0.25) is 11.8 Å². The van der Waals surface area contributed by atoms with Crippen LogP contribution in [-0.2, 0) is 14.3 Å². The standard InChI is InChI=1S/C15H26N2O3/c1-15(7-3-2-4-8-15)9-13(18)17-10-11-5-6-12(20-11)14(16)19/h11-12H,2-10H2,1H3,(H2,16,19)(H,17,18). The van der Waals surface area contributed by atoms with Crippen LogP contribution in [0.1, 0.15) is 58.3 Å². The van der Waals surface area contributed by atoms with Crippen molar-refractivity contribution in [1.82, 2.24) is 5.32 Å². The molecule has 2 unspecified atom stereocenters. The molecule has 1 saturated carbocycles. The molecule has 1 saturated heterocycles. The molecule has 0 aromatic rings. The van der Waals surface area contributed by atoms with Crippen molar-refractivity contribution in [3.05, 3.63) is 0 Å². The molecule has 0 spiro atoms. The van der Waals surface area contributed by atoms with E-state index in [2.05, 4.69) is 12.2 Å². The average molecular weight is 282 g/mol. The van der Waals surface area contributed by atoms with Gasteiger partial charge in [0.25, 0.3) is 0 Å². The van der Waals surface area contributed by atoms with Crippen LogP contribution in [0.4, 0.5) is 0 Å². The fourth-order valence-electron chi connectivity index (χ4n) is 3.33. The summed E-state index contributed by atoms with van der Waals surface area (Å²) in [4.78, 5) is 23.0. The number of primary amides is 1. The van der Waals surface area contributed by atoms with Gasteiger partial charge in [-0.15, -0.1) is 0 Å². The molecule has 1 aliphatic heterocycles. The van der Waals surface area contributed by atoms with Gasteiger partial charge in [-0.05, 0) is 31.1 Å². The topological polar surface area (TPSA) is 81.4 Å². The summed E-state index contributed by atoms with van der Waals surface area (Å²) in [5, 5.41) is 2.94. The van der Waals surface area contributed by atoms with Crippen LogP contribution in [0.5, 0.6) is 0 Å². The second kappa shape index (κ2) is 6.57. The van der Waals surface area contributed by atoms with Crippen LogP contribution >= 0.6 is 0 Å². The summed E-state index contributed by atoms with van der Waals surface area (Å²) in [7, 11) is 0. The van der Waals surface area contributed by atoms with E-state index in [0.717, 1.165) is 19.3 Å². The fourth-order valence-corrected chi connectivity index (χ4v) is 3.33. The highest BCUT2D eigenvalue weighted by Crippen LogP contribution is 2.38. The first-order chi connectivity index (χ1) is 9.48. The molecular weight excluding hydrogens is 256 g/mol. The first-order valence-corrected chi connectivity index (χ1v) is 7.70. The third-order valence-corrected chi connectivity index (χ3v) is 4.60. The lowest BCUT2D eigenvalue weighted by atomic mass is 9.73. The normalized spacial score (nSPS) is 29.1. The maximum atomic E-state index is 12.0. The highest BCUT2D eigenvalue weighted by Gasteiger charge is 2.31. The molecule has 3 N–H and O–H groups in total. The molecule has 2 fully saturated rings. The van der Waals surface area contributed by atoms with Crippen molar-refractivity contribution < 1.29 is 14.3 Å². The van der Waals surface area contributed by atoms with Gasteiger partial charge in [0.05, 0.1) is 6.10 Å². The van der Waals surface area contributed by atoms with Crippen molar-refractivity contribution in [2.75, 3.05) is 6.54 Å². The van der Waals surface area contributed by atoms with Crippen molar-refractivity contribution in [2.24, 2.45) is 11.1 Å². The van der Waals surface area contributed by atoms with Gasteiger partial charge in [0.1, 0.15) is 6.10 Å². The lowest BCUT2D eigenvalue weighted by Crippen LogP contribution is -2.37. The minimum atomic E-state index is -0.479. The van der Waals surface area contributed by atoms with E-state index in [0.29, 0.717) is 19.4 Å². The number of rotatable bonds is 5. The molecule has 114 valence electrons. The smallest absolute Gasteiger partial charge is 0.246 e. The van der Waals surface area contributed by atoms with Crippen molar-refractivity contribution >= 4 is 11.8 Å². The summed E-state index contributed by atoms with van der Waals surface area (Å²) in [6, 6.07) is 0. The molecule has 2 rings (SSSR count). The first kappa shape index (κ1) is 15.3. The Morgan fingerprint density at radius 3 is 2.55 bits per heavy atom. The molecule has 5 nitrogen and oxygen atoms in total. The molecule has 2 aliphatic rings. The van der Waals surface area contributed by atoms with Gasteiger partial charge in [-0.25, -0.2) is 0 Å². The summed E-state index contributed by atoms with van der Waals surface area (Å²) in [6.45, 7) is 2.69. The number of ether oxygens (including phenoxy) is 1. The van der Waals surface area contributed by atoms with Crippen LogP contribution in [0.15, 0.2) is 0 Å².